The lowest BCUT2D eigenvalue weighted by molar-refractivity contribution is -0.142. The molecule has 1 rings (SSSR count). The van der Waals surface area contributed by atoms with Gasteiger partial charge in [0.05, 0.1) is 0 Å². The summed E-state index contributed by atoms with van der Waals surface area (Å²) in [5, 5.41) is 9.65. The predicted molar refractivity (Wildman–Crippen MR) is 81.2 cm³/mol. The highest BCUT2D eigenvalue weighted by Gasteiger charge is 2.11. The number of esters is 1. The summed E-state index contributed by atoms with van der Waals surface area (Å²) >= 11 is 0. The van der Waals surface area contributed by atoms with Gasteiger partial charge in [-0.05, 0) is 31.2 Å². The van der Waals surface area contributed by atoms with Crippen molar-refractivity contribution < 1.29 is 19.4 Å². The minimum atomic E-state index is -0.857. The summed E-state index contributed by atoms with van der Waals surface area (Å²) in [7, 11) is 0.217. The Labute approximate surface area is 122 Å². The van der Waals surface area contributed by atoms with Crippen LogP contribution in [0, 0.1) is 0 Å². The zero-order chi connectivity index (χ0) is 15.1. The Morgan fingerprint density at radius 3 is 2.40 bits per heavy atom. The molecule has 4 nitrogen and oxygen atoms in total. The van der Waals surface area contributed by atoms with Gasteiger partial charge in [-0.2, -0.15) is 0 Å². The van der Waals surface area contributed by atoms with E-state index in [2.05, 4.69) is 19.1 Å². The first-order chi connectivity index (χ1) is 9.40. The van der Waals surface area contributed by atoms with Crippen LogP contribution in [0.5, 0.6) is 5.75 Å². The van der Waals surface area contributed by atoms with Crippen molar-refractivity contribution in [3.05, 3.63) is 36.4 Å². The van der Waals surface area contributed by atoms with Gasteiger partial charge in [-0.3, -0.25) is 0 Å². The van der Waals surface area contributed by atoms with Gasteiger partial charge in [-0.15, -0.1) is 0 Å². The van der Waals surface area contributed by atoms with Crippen molar-refractivity contribution in [2.45, 2.75) is 17.9 Å². The summed E-state index contributed by atoms with van der Waals surface area (Å²) in [5.41, 5.74) is 0.309. The number of carbonyl (C=O) groups excluding carboxylic acids is 1. The fraction of sp³-hybridized carbons (Fsp3) is 0.400. The average molecular weight is 297 g/mol. The Balaban J connectivity index is 2.35. The highest BCUT2D eigenvalue weighted by Crippen LogP contribution is 2.16. The van der Waals surface area contributed by atoms with Crippen LogP contribution in [-0.4, -0.2) is 42.9 Å². The second-order valence-electron chi connectivity index (χ2n) is 4.63. The van der Waals surface area contributed by atoms with E-state index < -0.39 is 12.1 Å². The van der Waals surface area contributed by atoms with E-state index in [-0.39, 0.29) is 24.1 Å². The number of rotatable bonds is 7. The van der Waals surface area contributed by atoms with E-state index in [1.807, 2.05) is 24.3 Å². The number of carbonyl (C=O) groups is 1. The summed E-state index contributed by atoms with van der Waals surface area (Å²) in [6.07, 6.45) is 3.44. The first kappa shape index (κ1) is 16.6. The number of aliphatic hydroxyl groups is 1. The Morgan fingerprint density at radius 2 is 1.90 bits per heavy atom. The number of ether oxygens (including phenoxy) is 2. The van der Waals surface area contributed by atoms with Crippen molar-refractivity contribution in [2.24, 2.45) is 0 Å². The van der Waals surface area contributed by atoms with Gasteiger partial charge in [0, 0.05) is 16.5 Å². The fourth-order valence-electron chi connectivity index (χ4n) is 1.34. The summed E-state index contributed by atoms with van der Waals surface area (Å²) in [5.74, 6) is 0.177. The number of aliphatic hydroxyl groups excluding tert-OH is 1. The fourth-order valence-corrected chi connectivity index (χ4v) is 2.02. The van der Waals surface area contributed by atoms with Crippen LogP contribution < -0.4 is 4.74 Å². The van der Waals surface area contributed by atoms with Gasteiger partial charge >= 0.3 is 5.97 Å². The Morgan fingerprint density at radius 1 is 1.30 bits per heavy atom. The van der Waals surface area contributed by atoms with E-state index in [0.717, 1.165) is 0 Å². The van der Waals surface area contributed by atoms with Crippen LogP contribution >= 0.6 is 0 Å². The molecule has 1 N–H and O–H groups in total. The molecule has 110 valence electrons. The standard InChI is InChI=1S/C15H21O4S/c1-11(2)15(17)19-10-12(16)9-18-13-5-7-14(8-6-13)20(3)4/h5-8,12,16H,1,9-10H2,2-4H3/q+1. The van der Waals surface area contributed by atoms with Gasteiger partial charge in [-0.25, -0.2) is 4.79 Å². The van der Waals surface area contributed by atoms with Crippen molar-refractivity contribution in [3.8, 4) is 5.75 Å². The van der Waals surface area contributed by atoms with Gasteiger partial charge in [-0.1, -0.05) is 6.58 Å². The lowest BCUT2D eigenvalue weighted by atomic mass is 10.3. The third kappa shape index (κ3) is 5.67. The number of hydrogen-bond acceptors (Lipinski definition) is 4. The van der Waals surface area contributed by atoms with Gasteiger partial charge < -0.3 is 14.6 Å². The minimum Gasteiger partial charge on any atom is -0.491 e. The first-order valence-corrected chi connectivity index (χ1v) is 8.25. The van der Waals surface area contributed by atoms with Crippen LogP contribution in [0.1, 0.15) is 6.92 Å². The molecule has 0 aliphatic carbocycles. The second kappa shape index (κ2) is 7.97. The van der Waals surface area contributed by atoms with E-state index in [4.69, 9.17) is 9.47 Å². The SMILES string of the molecule is C=C(C)C(=O)OCC(O)COc1ccc([S+](C)C)cc1. The zero-order valence-corrected chi connectivity index (χ0v) is 12.9. The summed E-state index contributed by atoms with van der Waals surface area (Å²) in [6.45, 7) is 5.00. The molecular weight excluding hydrogens is 276 g/mol. The first-order valence-electron chi connectivity index (χ1n) is 6.21. The lowest BCUT2D eigenvalue weighted by Crippen LogP contribution is -2.25. The number of hydrogen-bond donors (Lipinski definition) is 1. The van der Waals surface area contributed by atoms with E-state index in [0.29, 0.717) is 11.3 Å². The number of benzene rings is 1. The van der Waals surface area contributed by atoms with Gasteiger partial charge in [0.2, 0.25) is 0 Å². The molecule has 5 heteroatoms. The van der Waals surface area contributed by atoms with Crippen LogP contribution in [-0.2, 0) is 20.4 Å². The van der Waals surface area contributed by atoms with Crippen LogP contribution in [0.25, 0.3) is 0 Å². The van der Waals surface area contributed by atoms with Gasteiger partial charge in [0.1, 0.15) is 37.6 Å². The Kier molecular flexibility index (Phi) is 6.61. The summed E-state index contributed by atoms with van der Waals surface area (Å²) in [4.78, 5) is 12.4. The van der Waals surface area contributed by atoms with Gasteiger partial charge in [0.25, 0.3) is 0 Å². The Bertz CT molecular complexity index is 453. The maximum absolute atomic E-state index is 11.1. The molecule has 0 amide bonds. The van der Waals surface area contributed by atoms with Crippen molar-refractivity contribution >= 4 is 16.9 Å². The molecule has 0 aliphatic heterocycles. The smallest absolute Gasteiger partial charge is 0.333 e. The monoisotopic (exact) mass is 297 g/mol. The maximum Gasteiger partial charge on any atom is 0.333 e. The lowest BCUT2D eigenvalue weighted by Gasteiger charge is -2.12. The predicted octanol–water partition coefficient (Wildman–Crippen LogP) is 1.78. The van der Waals surface area contributed by atoms with Crippen LogP contribution in [0.15, 0.2) is 41.3 Å². The normalized spacial score (nSPS) is 12.1. The molecule has 1 unspecified atom stereocenters. The second-order valence-corrected chi connectivity index (χ2v) is 6.74. The van der Waals surface area contributed by atoms with E-state index >= 15 is 0 Å². The molecule has 1 atom stereocenters. The van der Waals surface area contributed by atoms with Crippen LogP contribution in [0.2, 0.25) is 0 Å². The largest absolute Gasteiger partial charge is 0.491 e. The van der Waals surface area contributed by atoms with Crippen molar-refractivity contribution in [1.82, 2.24) is 0 Å². The molecule has 20 heavy (non-hydrogen) atoms. The van der Waals surface area contributed by atoms with Crippen molar-refractivity contribution in [2.75, 3.05) is 25.7 Å². The van der Waals surface area contributed by atoms with Crippen molar-refractivity contribution in [3.63, 3.8) is 0 Å². The molecule has 0 fully saturated rings. The van der Waals surface area contributed by atoms with Crippen LogP contribution in [0.4, 0.5) is 0 Å². The quantitative estimate of drug-likeness (QED) is 0.473. The highest BCUT2D eigenvalue weighted by molar-refractivity contribution is 7.95. The molecule has 1 aromatic carbocycles. The molecule has 0 saturated carbocycles. The molecule has 0 aromatic heterocycles. The molecule has 1 aromatic rings. The van der Waals surface area contributed by atoms with Crippen molar-refractivity contribution in [1.29, 1.82) is 0 Å². The molecule has 0 heterocycles. The van der Waals surface area contributed by atoms with Gasteiger partial charge in [0.15, 0.2) is 4.90 Å². The minimum absolute atomic E-state index is 0.0762. The molecule has 0 aliphatic rings. The van der Waals surface area contributed by atoms with E-state index in [1.165, 1.54) is 4.90 Å². The molecule has 0 saturated heterocycles. The highest BCUT2D eigenvalue weighted by atomic mass is 32.2. The van der Waals surface area contributed by atoms with E-state index in [1.54, 1.807) is 6.92 Å². The molecular formula is C15H21O4S+. The molecule has 0 bridgehead atoms. The topological polar surface area (TPSA) is 55.8 Å². The summed E-state index contributed by atoms with van der Waals surface area (Å²) in [6, 6.07) is 7.75. The maximum atomic E-state index is 11.1. The molecule has 0 spiro atoms. The summed E-state index contributed by atoms with van der Waals surface area (Å²) < 4.78 is 10.3. The van der Waals surface area contributed by atoms with Crippen LogP contribution in [0.3, 0.4) is 0 Å². The zero-order valence-electron chi connectivity index (χ0n) is 12.1. The Hall–Kier alpha value is -1.46. The average Bonchev–Trinajstić information content (AvgIpc) is 2.42. The van der Waals surface area contributed by atoms with E-state index in [9.17, 15) is 9.90 Å². The molecule has 0 radical (unpaired) electrons. The third-order valence-corrected chi connectivity index (χ3v) is 3.71. The third-order valence-electron chi connectivity index (χ3n) is 2.49.